The molecule has 0 saturated heterocycles. The average molecular weight is 294 g/mol. The third-order valence-electron chi connectivity index (χ3n) is 2.27. The average Bonchev–Trinajstić information content (AvgIpc) is 2.20. The van der Waals surface area contributed by atoms with E-state index in [0.717, 1.165) is 0 Å². The topological polar surface area (TPSA) is 86.5 Å². The second-order valence-corrected chi connectivity index (χ2v) is 6.65. The summed E-state index contributed by atoms with van der Waals surface area (Å²) in [7, 11) is 1.44. The zero-order valence-corrected chi connectivity index (χ0v) is 11.4. The largest absolute Gasteiger partial charge is 0.492 e. The fourth-order valence-electron chi connectivity index (χ4n) is 1.38. The molecule has 8 heteroatoms. The quantitative estimate of drug-likeness (QED) is 0.472. The Labute approximate surface area is 109 Å². The van der Waals surface area contributed by atoms with Gasteiger partial charge in [0.2, 0.25) is 9.05 Å². The van der Waals surface area contributed by atoms with E-state index in [9.17, 15) is 18.5 Å². The van der Waals surface area contributed by atoms with Crippen molar-refractivity contribution in [2.75, 3.05) is 12.4 Å². The predicted octanol–water partition coefficient (Wildman–Crippen LogP) is 2.16. The highest BCUT2D eigenvalue weighted by molar-refractivity contribution is 8.13. The van der Waals surface area contributed by atoms with E-state index in [1.807, 2.05) is 0 Å². The van der Waals surface area contributed by atoms with Gasteiger partial charge in [0, 0.05) is 22.3 Å². The Balaban J connectivity index is 2.85. The summed E-state index contributed by atoms with van der Waals surface area (Å²) in [5.41, 5.74) is 1.03. The molecule has 0 aliphatic carbocycles. The summed E-state index contributed by atoms with van der Waals surface area (Å²) < 4.78 is 26.7. The maximum Gasteiger partial charge on any atom is 0.272 e. The molecular weight excluding hydrogens is 282 g/mol. The fraction of sp³-hybridized carbons (Fsp3) is 0.400. The van der Waals surface area contributed by atoms with Crippen molar-refractivity contribution in [1.29, 1.82) is 0 Å². The van der Waals surface area contributed by atoms with Gasteiger partial charge >= 0.3 is 0 Å². The lowest BCUT2D eigenvalue weighted by atomic mass is 10.1. The van der Waals surface area contributed by atoms with Crippen molar-refractivity contribution in [3.63, 3.8) is 0 Å². The van der Waals surface area contributed by atoms with Crippen LogP contribution in [0.5, 0.6) is 5.75 Å². The molecule has 0 spiro atoms. The summed E-state index contributed by atoms with van der Waals surface area (Å²) >= 11 is 0. The van der Waals surface area contributed by atoms with Crippen LogP contribution in [0.4, 0.5) is 5.69 Å². The minimum absolute atomic E-state index is 0.00446. The Bertz CT molecular complexity index is 570. The zero-order valence-electron chi connectivity index (χ0n) is 9.84. The number of hydrogen-bond donors (Lipinski definition) is 0. The van der Waals surface area contributed by atoms with Gasteiger partial charge in [0.25, 0.3) is 5.69 Å². The molecule has 6 nitrogen and oxygen atoms in total. The summed E-state index contributed by atoms with van der Waals surface area (Å²) in [6, 6.07) is 2.90. The zero-order chi connectivity index (χ0) is 13.9. The number of benzene rings is 1. The molecular formula is C10H12ClNO5S. The number of nitrogens with zero attached hydrogens (tertiary/aromatic N) is 1. The summed E-state index contributed by atoms with van der Waals surface area (Å²) in [6.07, 6.45) is 0. The molecule has 0 heterocycles. The van der Waals surface area contributed by atoms with Gasteiger partial charge in [0.15, 0.2) is 0 Å². The van der Waals surface area contributed by atoms with Gasteiger partial charge in [-0.25, -0.2) is 8.42 Å². The molecule has 0 radical (unpaired) electrons. The molecule has 0 N–H and O–H groups in total. The normalized spacial score (nSPS) is 11.3. The minimum Gasteiger partial charge on any atom is -0.492 e. The van der Waals surface area contributed by atoms with Gasteiger partial charge in [-0.1, -0.05) is 0 Å². The van der Waals surface area contributed by atoms with Crippen molar-refractivity contribution in [1.82, 2.24) is 0 Å². The van der Waals surface area contributed by atoms with Crippen molar-refractivity contribution < 1.29 is 18.1 Å². The maximum absolute atomic E-state index is 10.7. The summed E-state index contributed by atoms with van der Waals surface area (Å²) in [4.78, 5) is 10.2. The van der Waals surface area contributed by atoms with Gasteiger partial charge < -0.3 is 4.74 Å². The highest BCUT2D eigenvalue weighted by Gasteiger charge is 2.14. The lowest BCUT2D eigenvalue weighted by Crippen LogP contribution is -2.09. The van der Waals surface area contributed by atoms with Crippen molar-refractivity contribution >= 4 is 25.4 Å². The van der Waals surface area contributed by atoms with Crippen LogP contribution in [-0.2, 0) is 9.05 Å². The Hall–Kier alpha value is -1.34. The van der Waals surface area contributed by atoms with Gasteiger partial charge in [-0.15, -0.1) is 0 Å². The van der Waals surface area contributed by atoms with Crippen LogP contribution in [0, 0.1) is 24.0 Å². The van der Waals surface area contributed by atoms with Crippen molar-refractivity contribution in [2.45, 2.75) is 13.8 Å². The molecule has 1 aromatic rings. The number of nitro groups is 1. The number of aryl methyl sites for hydroxylation is 2. The molecule has 0 aliphatic heterocycles. The molecule has 18 heavy (non-hydrogen) atoms. The van der Waals surface area contributed by atoms with Gasteiger partial charge in [-0.3, -0.25) is 10.1 Å². The first-order valence-corrected chi connectivity index (χ1v) is 7.49. The van der Waals surface area contributed by atoms with Crippen LogP contribution in [-0.4, -0.2) is 25.7 Å². The predicted molar refractivity (Wildman–Crippen MR) is 67.7 cm³/mol. The molecule has 0 aliphatic rings. The first kappa shape index (κ1) is 14.7. The highest BCUT2D eigenvalue weighted by atomic mass is 35.7. The van der Waals surface area contributed by atoms with Gasteiger partial charge in [-0.05, 0) is 25.5 Å². The van der Waals surface area contributed by atoms with Crippen molar-refractivity contribution in [3.8, 4) is 5.75 Å². The van der Waals surface area contributed by atoms with E-state index in [1.54, 1.807) is 13.8 Å². The van der Waals surface area contributed by atoms with E-state index in [0.29, 0.717) is 16.9 Å². The monoisotopic (exact) mass is 293 g/mol. The van der Waals surface area contributed by atoms with Crippen LogP contribution in [0.3, 0.4) is 0 Å². The standard InChI is InChI=1S/C10H12ClNO5S/c1-7-6-10(17-3-4-18(11,15)16)8(2)5-9(7)12(13)14/h5-6H,3-4H2,1-2H3. The third kappa shape index (κ3) is 4.15. The number of ether oxygens (including phenoxy) is 1. The first-order chi connectivity index (χ1) is 8.20. The maximum atomic E-state index is 10.7. The van der Waals surface area contributed by atoms with Crippen LogP contribution in [0.15, 0.2) is 12.1 Å². The Morgan fingerprint density at radius 2 is 1.94 bits per heavy atom. The Morgan fingerprint density at radius 1 is 1.33 bits per heavy atom. The van der Waals surface area contributed by atoms with E-state index in [4.69, 9.17) is 15.4 Å². The third-order valence-corrected chi connectivity index (χ3v) is 3.39. The first-order valence-electron chi connectivity index (χ1n) is 5.01. The van der Waals surface area contributed by atoms with Crippen LogP contribution in [0.25, 0.3) is 0 Å². The molecule has 100 valence electrons. The molecule has 0 bridgehead atoms. The molecule has 0 fully saturated rings. The summed E-state index contributed by atoms with van der Waals surface area (Å²) in [6.45, 7) is 3.14. The molecule has 0 amide bonds. The summed E-state index contributed by atoms with van der Waals surface area (Å²) in [5.74, 6) is 0.0998. The van der Waals surface area contributed by atoms with Gasteiger partial charge in [0.05, 0.1) is 10.7 Å². The van der Waals surface area contributed by atoms with Crippen LogP contribution >= 0.6 is 10.7 Å². The van der Waals surface area contributed by atoms with Crippen LogP contribution in [0.2, 0.25) is 0 Å². The molecule has 1 aromatic carbocycles. The van der Waals surface area contributed by atoms with Crippen molar-refractivity contribution in [2.24, 2.45) is 0 Å². The van der Waals surface area contributed by atoms with E-state index in [2.05, 4.69) is 0 Å². The highest BCUT2D eigenvalue weighted by Crippen LogP contribution is 2.27. The lowest BCUT2D eigenvalue weighted by molar-refractivity contribution is -0.385. The van der Waals surface area contributed by atoms with Crippen molar-refractivity contribution in [3.05, 3.63) is 33.4 Å². The van der Waals surface area contributed by atoms with E-state index < -0.39 is 14.0 Å². The Kier molecular flexibility index (Phi) is 4.53. The van der Waals surface area contributed by atoms with E-state index in [-0.39, 0.29) is 18.0 Å². The number of nitro benzene ring substituents is 1. The number of hydrogen-bond acceptors (Lipinski definition) is 5. The fourth-order valence-corrected chi connectivity index (χ4v) is 1.85. The number of halogens is 1. The smallest absolute Gasteiger partial charge is 0.272 e. The SMILES string of the molecule is Cc1cc([N+](=O)[O-])c(C)cc1OCCS(=O)(=O)Cl. The Morgan fingerprint density at radius 3 is 2.44 bits per heavy atom. The van der Waals surface area contributed by atoms with Crippen LogP contribution < -0.4 is 4.74 Å². The van der Waals surface area contributed by atoms with Gasteiger partial charge in [-0.2, -0.15) is 0 Å². The molecule has 1 rings (SSSR count). The van der Waals surface area contributed by atoms with Crippen LogP contribution in [0.1, 0.15) is 11.1 Å². The molecule has 0 atom stereocenters. The molecule has 0 saturated carbocycles. The minimum atomic E-state index is -3.60. The lowest BCUT2D eigenvalue weighted by Gasteiger charge is -2.09. The number of rotatable bonds is 5. The van der Waals surface area contributed by atoms with E-state index >= 15 is 0 Å². The second-order valence-electron chi connectivity index (χ2n) is 3.75. The second kappa shape index (κ2) is 5.53. The van der Waals surface area contributed by atoms with Gasteiger partial charge in [0.1, 0.15) is 12.4 Å². The van der Waals surface area contributed by atoms with E-state index in [1.165, 1.54) is 12.1 Å². The molecule has 0 unspecified atom stereocenters. The molecule has 0 aromatic heterocycles. The summed E-state index contributed by atoms with van der Waals surface area (Å²) in [5, 5.41) is 10.7.